The van der Waals surface area contributed by atoms with Crippen molar-refractivity contribution in [2.45, 2.75) is 55.8 Å². The maximum absolute atomic E-state index is 11.5. The van der Waals surface area contributed by atoms with Crippen molar-refractivity contribution in [3.63, 3.8) is 0 Å². The van der Waals surface area contributed by atoms with Gasteiger partial charge in [0.2, 0.25) is 6.29 Å². The fraction of sp³-hybridized carbons (Fsp3) is 0.480. The molecule has 2 saturated heterocycles. The van der Waals surface area contributed by atoms with E-state index >= 15 is 0 Å². The van der Waals surface area contributed by atoms with Crippen LogP contribution in [-0.4, -0.2) is 114 Å². The van der Waals surface area contributed by atoms with E-state index in [4.69, 9.17) is 19.9 Å². The lowest BCUT2D eigenvalue weighted by atomic mass is 9.99. The number of aliphatic hydroxyl groups excluding tert-OH is 4. The molecule has 0 bridgehead atoms. The predicted molar refractivity (Wildman–Crippen MR) is 138 cm³/mol. The summed E-state index contributed by atoms with van der Waals surface area (Å²) in [6, 6.07) is 6.36. The van der Waals surface area contributed by atoms with Gasteiger partial charge in [0.05, 0.1) is 18.9 Å². The van der Waals surface area contributed by atoms with Crippen LogP contribution in [0.2, 0.25) is 0 Å². The lowest BCUT2D eigenvalue weighted by Crippen LogP contribution is -2.61. The van der Waals surface area contributed by atoms with Gasteiger partial charge in [0, 0.05) is 37.9 Å². The summed E-state index contributed by atoms with van der Waals surface area (Å²) in [6.07, 6.45) is -5.62. The summed E-state index contributed by atoms with van der Waals surface area (Å²) in [5, 5.41) is 57.7. The Balaban J connectivity index is 1.44. The molecule has 2 aromatic heterocycles. The SMILES string of the molecule is COc1ccc(O[C@@H]2O[C@H](C(=O)O)[C@@H](O)[C@H](O)[C@H]2O)c(Nc2ncnn3ccc(CN4CC[C@@H](N)[C@H](O)C4)c23)c1. The molecular formula is C25H32N6O9. The van der Waals surface area contributed by atoms with Crippen molar-refractivity contribution >= 4 is 23.0 Å². The molecular weight excluding hydrogens is 528 g/mol. The Morgan fingerprint density at radius 2 is 2.00 bits per heavy atom. The van der Waals surface area contributed by atoms with Crippen LogP contribution in [0.5, 0.6) is 11.5 Å². The molecule has 216 valence electrons. The van der Waals surface area contributed by atoms with E-state index in [-0.39, 0.29) is 11.8 Å². The number of nitrogens with zero attached hydrogens (tertiary/aromatic N) is 4. The van der Waals surface area contributed by atoms with Crippen molar-refractivity contribution in [3.05, 3.63) is 42.4 Å². The fourth-order valence-corrected chi connectivity index (χ4v) is 4.88. The van der Waals surface area contributed by atoms with E-state index in [1.807, 2.05) is 6.07 Å². The van der Waals surface area contributed by atoms with E-state index in [1.54, 1.807) is 22.8 Å². The fourth-order valence-electron chi connectivity index (χ4n) is 4.88. The Labute approximate surface area is 228 Å². The topological polar surface area (TPSA) is 217 Å². The number of aliphatic carboxylic acids is 1. The summed E-state index contributed by atoms with van der Waals surface area (Å²) in [6.45, 7) is 1.68. The van der Waals surface area contributed by atoms with Gasteiger partial charge in [-0.05, 0) is 30.2 Å². The molecule has 2 aliphatic rings. The van der Waals surface area contributed by atoms with Crippen molar-refractivity contribution in [1.29, 1.82) is 0 Å². The second-order valence-corrected chi connectivity index (χ2v) is 9.84. The number of carbonyl (C=O) groups is 1. The number of nitrogens with one attached hydrogen (secondary N) is 1. The number of carboxylic acid groups (broad SMARTS) is 1. The lowest BCUT2D eigenvalue weighted by Gasteiger charge is -2.38. The number of carboxylic acids is 1. The molecule has 0 aliphatic carbocycles. The van der Waals surface area contributed by atoms with Crippen LogP contribution >= 0.6 is 0 Å². The molecule has 0 radical (unpaired) electrons. The number of benzene rings is 1. The minimum atomic E-state index is -1.85. The van der Waals surface area contributed by atoms with Crippen molar-refractivity contribution in [3.8, 4) is 11.5 Å². The van der Waals surface area contributed by atoms with Gasteiger partial charge in [-0.2, -0.15) is 5.10 Å². The largest absolute Gasteiger partial charge is 0.497 e. The minimum Gasteiger partial charge on any atom is -0.497 e. The van der Waals surface area contributed by atoms with Crippen LogP contribution in [0, 0.1) is 0 Å². The molecule has 2 aliphatic heterocycles. The molecule has 5 rings (SSSR count). The van der Waals surface area contributed by atoms with Crippen LogP contribution < -0.4 is 20.5 Å². The summed E-state index contributed by atoms with van der Waals surface area (Å²) in [4.78, 5) is 18.0. The van der Waals surface area contributed by atoms with E-state index in [0.717, 1.165) is 12.1 Å². The van der Waals surface area contributed by atoms with E-state index in [2.05, 4.69) is 20.3 Å². The van der Waals surface area contributed by atoms with Crippen LogP contribution in [0.1, 0.15) is 12.0 Å². The Bertz CT molecular complexity index is 1360. The van der Waals surface area contributed by atoms with Gasteiger partial charge in [-0.3, -0.25) is 4.90 Å². The number of hydrogen-bond donors (Lipinski definition) is 7. The summed E-state index contributed by atoms with van der Waals surface area (Å²) in [7, 11) is 1.48. The lowest BCUT2D eigenvalue weighted by molar-refractivity contribution is -0.271. The number of aromatic nitrogens is 3. The van der Waals surface area contributed by atoms with Crippen molar-refractivity contribution in [2.24, 2.45) is 5.73 Å². The van der Waals surface area contributed by atoms with E-state index in [9.17, 15) is 30.3 Å². The number of rotatable bonds is 8. The third-order valence-corrected chi connectivity index (χ3v) is 7.15. The normalized spacial score (nSPS) is 29.3. The molecule has 0 spiro atoms. The van der Waals surface area contributed by atoms with Crippen molar-refractivity contribution in [1.82, 2.24) is 19.5 Å². The van der Waals surface area contributed by atoms with Crippen molar-refractivity contribution in [2.75, 3.05) is 25.5 Å². The summed E-state index contributed by atoms with van der Waals surface area (Å²) < 4.78 is 18.1. The quantitative estimate of drug-likeness (QED) is 0.169. The number of fused-ring (bicyclic) bond motifs is 1. The van der Waals surface area contributed by atoms with Gasteiger partial charge in [-0.1, -0.05) is 0 Å². The van der Waals surface area contributed by atoms with Gasteiger partial charge >= 0.3 is 5.97 Å². The van der Waals surface area contributed by atoms with Gasteiger partial charge in [0.25, 0.3) is 0 Å². The Morgan fingerprint density at radius 3 is 2.73 bits per heavy atom. The number of nitrogens with two attached hydrogens (primary N) is 1. The molecule has 40 heavy (non-hydrogen) atoms. The summed E-state index contributed by atoms with van der Waals surface area (Å²) >= 11 is 0. The highest BCUT2D eigenvalue weighted by Gasteiger charge is 2.48. The van der Waals surface area contributed by atoms with Gasteiger partial charge in [0.1, 0.15) is 41.7 Å². The zero-order valence-corrected chi connectivity index (χ0v) is 21.6. The number of likely N-dealkylation sites (tertiary alicyclic amines) is 1. The zero-order valence-electron chi connectivity index (χ0n) is 21.6. The monoisotopic (exact) mass is 560 g/mol. The van der Waals surface area contributed by atoms with E-state index in [1.165, 1.54) is 19.5 Å². The number of methoxy groups -OCH3 is 1. The van der Waals surface area contributed by atoms with Gasteiger partial charge in [0.15, 0.2) is 11.9 Å². The molecule has 7 atom stereocenters. The van der Waals surface area contributed by atoms with Crippen molar-refractivity contribution < 1.29 is 44.5 Å². The van der Waals surface area contributed by atoms with Gasteiger partial charge in [-0.15, -0.1) is 0 Å². The standard InChI is InChI=1S/C25H32N6O9/c1-38-13-2-3-17(39-25-21(35)19(33)20(34)22(40-25)24(36)37)15(8-13)29-23-18-12(4-7-31(18)28-11-27-23)9-30-6-5-14(26)16(32)10-30/h2-4,7-8,11,14,16,19-22,25,32-35H,5-6,9-10,26H2,1H3,(H,36,37)(H,27,28,29)/t14-,16-,19+,20+,21-,22+,25-/m1/s1. The first-order chi connectivity index (χ1) is 19.2. The number of hydrogen-bond acceptors (Lipinski definition) is 13. The first-order valence-electron chi connectivity index (χ1n) is 12.7. The average molecular weight is 561 g/mol. The molecule has 0 amide bonds. The van der Waals surface area contributed by atoms with Crippen LogP contribution in [0.3, 0.4) is 0 Å². The van der Waals surface area contributed by atoms with Crippen LogP contribution in [0.15, 0.2) is 36.8 Å². The Hall–Kier alpha value is -3.57. The first-order valence-corrected chi connectivity index (χ1v) is 12.7. The molecule has 3 aromatic rings. The zero-order chi connectivity index (χ0) is 28.6. The van der Waals surface area contributed by atoms with Crippen LogP contribution in [0.4, 0.5) is 11.5 Å². The highest BCUT2D eigenvalue weighted by molar-refractivity contribution is 5.79. The summed E-state index contributed by atoms with van der Waals surface area (Å²) in [5.74, 6) is -0.535. The molecule has 1 aromatic carbocycles. The minimum absolute atomic E-state index is 0.121. The number of ether oxygens (including phenoxy) is 3. The molecule has 0 unspecified atom stereocenters. The smallest absolute Gasteiger partial charge is 0.335 e. The van der Waals surface area contributed by atoms with E-state index in [0.29, 0.717) is 42.3 Å². The Kier molecular flexibility index (Phi) is 8.04. The van der Waals surface area contributed by atoms with E-state index < -0.39 is 42.8 Å². The number of anilines is 2. The average Bonchev–Trinajstić information content (AvgIpc) is 3.35. The molecule has 0 saturated carbocycles. The number of aliphatic hydroxyl groups is 4. The predicted octanol–water partition coefficient (Wildman–Crippen LogP) is -1.35. The third kappa shape index (κ3) is 5.53. The molecule has 8 N–H and O–H groups in total. The third-order valence-electron chi connectivity index (χ3n) is 7.15. The molecule has 2 fully saturated rings. The molecule has 15 nitrogen and oxygen atoms in total. The second-order valence-electron chi connectivity index (χ2n) is 9.84. The first kappa shape index (κ1) is 28.0. The maximum Gasteiger partial charge on any atom is 0.335 e. The summed E-state index contributed by atoms with van der Waals surface area (Å²) in [5.41, 5.74) is 7.84. The van der Waals surface area contributed by atoms with Gasteiger partial charge < -0.3 is 50.8 Å². The molecule has 4 heterocycles. The highest BCUT2D eigenvalue weighted by Crippen LogP contribution is 2.35. The second kappa shape index (κ2) is 11.5. The Morgan fingerprint density at radius 1 is 1.20 bits per heavy atom. The highest BCUT2D eigenvalue weighted by atomic mass is 16.7. The number of piperidine rings is 1. The van der Waals surface area contributed by atoms with Gasteiger partial charge in [-0.25, -0.2) is 14.3 Å². The number of β-amino-alcohol motifs (C(OH)–C–C–N with tert-alkyl or cyclic N) is 1. The van der Waals surface area contributed by atoms with Crippen LogP contribution in [0.25, 0.3) is 5.52 Å². The maximum atomic E-state index is 11.5. The molecule has 15 heteroatoms. The van der Waals surface area contributed by atoms with Crippen LogP contribution in [-0.2, 0) is 16.1 Å².